The van der Waals surface area contributed by atoms with Gasteiger partial charge in [-0.3, -0.25) is 0 Å². The largest absolute Gasteiger partial charge is 0.313 e. The van der Waals surface area contributed by atoms with Crippen LogP contribution in [0.5, 0.6) is 0 Å². The quantitative estimate of drug-likeness (QED) is 0.781. The smallest absolute Gasteiger partial charge is 0.179 e. The lowest BCUT2D eigenvalue weighted by Crippen LogP contribution is -2.12. The van der Waals surface area contributed by atoms with Gasteiger partial charge < -0.3 is 5.32 Å². The summed E-state index contributed by atoms with van der Waals surface area (Å²) in [6, 6.07) is 6.73. The number of thioether (sulfide) groups is 1. The lowest BCUT2D eigenvalue weighted by Gasteiger charge is -2.13. The third-order valence-electron chi connectivity index (χ3n) is 2.64. The normalized spacial score (nSPS) is 12.6. The zero-order valence-corrected chi connectivity index (χ0v) is 14.8. The van der Waals surface area contributed by atoms with Crippen molar-refractivity contribution in [1.82, 2.24) is 15.5 Å². The zero-order chi connectivity index (χ0) is 13.8. The first-order valence-corrected chi connectivity index (χ1v) is 9.31. The highest BCUT2D eigenvalue weighted by Crippen LogP contribution is 2.35. The third-order valence-corrected chi connectivity index (χ3v) is 6.27. The fraction of sp³-hybridized carbons (Fsp3) is 0.333. The summed E-state index contributed by atoms with van der Waals surface area (Å²) in [6.07, 6.45) is 2.01. The van der Waals surface area contributed by atoms with Crippen LogP contribution in [-0.2, 0) is 0 Å². The van der Waals surface area contributed by atoms with E-state index >= 15 is 0 Å². The van der Waals surface area contributed by atoms with Crippen molar-refractivity contribution >= 4 is 50.8 Å². The second-order valence-electron chi connectivity index (χ2n) is 3.83. The summed E-state index contributed by atoms with van der Waals surface area (Å²) >= 11 is 8.53. The molecule has 1 N–H and O–H groups in total. The molecule has 7 heteroatoms. The number of benzene rings is 1. The Bertz CT molecular complexity index is 559. The van der Waals surface area contributed by atoms with Gasteiger partial charge in [-0.2, -0.15) is 0 Å². The van der Waals surface area contributed by atoms with Crippen molar-refractivity contribution in [2.24, 2.45) is 0 Å². The zero-order valence-electron chi connectivity index (χ0n) is 10.8. The van der Waals surface area contributed by atoms with Crippen molar-refractivity contribution in [3.05, 3.63) is 28.2 Å². The van der Waals surface area contributed by atoms with Crippen molar-refractivity contribution in [1.29, 1.82) is 0 Å². The Labute approximate surface area is 134 Å². The summed E-state index contributed by atoms with van der Waals surface area (Å²) in [7, 11) is 1.96. The molecule has 2 aromatic rings. The summed E-state index contributed by atoms with van der Waals surface area (Å²) in [4.78, 5) is 1.17. The maximum atomic E-state index is 4.17. The molecule has 102 valence electrons. The van der Waals surface area contributed by atoms with Crippen molar-refractivity contribution in [2.75, 3.05) is 13.3 Å². The Hall–Kier alpha value is -0.0800. The minimum absolute atomic E-state index is 0.332. The van der Waals surface area contributed by atoms with Gasteiger partial charge in [0.1, 0.15) is 0 Å². The maximum Gasteiger partial charge on any atom is 0.179 e. The SMILES string of the molecule is CNC(C)c1ccc(Sc2nnc(SC)s2)cc1Br. The minimum Gasteiger partial charge on any atom is -0.313 e. The molecule has 0 aliphatic heterocycles. The number of aromatic nitrogens is 2. The van der Waals surface area contributed by atoms with Gasteiger partial charge in [-0.05, 0) is 37.9 Å². The van der Waals surface area contributed by atoms with Crippen molar-refractivity contribution < 1.29 is 0 Å². The van der Waals surface area contributed by atoms with Gasteiger partial charge in [0, 0.05) is 15.4 Å². The molecule has 1 aromatic heterocycles. The van der Waals surface area contributed by atoms with Crippen molar-refractivity contribution in [2.45, 2.75) is 26.5 Å². The van der Waals surface area contributed by atoms with Crippen LogP contribution in [0.15, 0.2) is 36.2 Å². The predicted molar refractivity (Wildman–Crippen MR) is 87.4 cm³/mol. The number of hydrogen-bond donors (Lipinski definition) is 1. The van der Waals surface area contributed by atoms with E-state index in [0.29, 0.717) is 6.04 Å². The van der Waals surface area contributed by atoms with Gasteiger partial charge in [0.05, 0.1) is 0 Å². The number of rotatable bonds is 5. The van der Waals surface area contributed by atoms with E-state index < -0.39 is 0 Å². The first-order valence-electron chi connectivity index (χ1n) is 5.66. The minimum atomic E-state index is 0.332. The Morgan fingerprint density at radius 2 is 2.05 bits per heavy atom. The van der Waals surface area contributed by atoms with Crippen LogP contribution < -0.4 is 5.32 Å². The van der Waals surface area contributed by atoms with Gasteiger partial charge in [0.2, 0.25) is 0 Å². The number of nitrogens with zero attached hydrogens (tertiary/aromatic N) is 2. The third kappa shape index (κ3) is 3.95. The highest BCUT2D eigenvalue weighted by molar-refractivity contribution is 9.10. The summed E-state index contributed by atoms with van der Waals surface area (Å²) in [6.45, 7) is 2.14. The van der Waals surface area contributed by atoms with Crippen LogP contribution in [0.25, 0.3) is 0 Å². The van der Waals surface area contributed by atoms with Crippen molar-refractivity contribution in [3.63, 3.8) is 0 Å². The monoisotopic (exact) mass is 375 g/mol. The van der Waals surface area contributed by atoms with Crippen molar-refractivity contribution in [3.8, 4) is 0 Å². The van der Waals surface area contributed by atoms with E-state index in [9.17, 15) is 0 Å². The highest BCUT2D eigenvalue weighted by atomic mass is 79.9. The van der Waals surface area contributed by atoms with E-state index in [2.05, 4.69) is 56.6 Å². The van der Waals surface area contributed by atoms with Gasteiger partial charge in [-0.15, -0.1) is 10.2 Å². The first kappa shape index (κ1) is 15.3. The fourth-order valence-electron chi connectivity index (χ4n) is 1.50. The van der Waals surface area contributed by atoms with Gasteiger partial charge in [0.25, 0.3) is 0 Å². The average molecular weight is 376 g/mol. The first-order chi connectivity index (χ1) is 9.13. The van der Waals surface area contributed by atoms with Crippen LogP contribution >= 0.6 is 50.8 Å². The molecule has 0 bridgehead atoms. The molecule has 2 rings (SSSR count). The number of nitrogens with one attached hydrogen (secondary N) is 1. The second kappa shape index (κ2) is 7.08. The Kier molecular flexibility index (Phi) is 5.70. The fourth-order valence-corrected chi connectivity index (χ4v) is 4.83. The molecular weight excluding hydrogens is 362 g/mol. The van der Waals surface area contributed by atoms with E-state index in [4.69, 9.17) is 0 Å². The molecule has 0 saturated heterocycles. The number of halogens is 1. The molecule has 1 unspecified atom stereocenters. The van der Waals surface area contributed by atoms with Crippen LogP contribution in [0.2, 0.25) is 0 Å². The molecule has 1 heterocycles. The van der Waals surface area contributed by atoms with E-state index in [1.807, 2.05) is 13.3 Å². The predicted octanol–water partition coefficient (Wildman–Crippen LogP) is 4.45. The molecule has 1 atom stereocenters. The van der Waals surface area contributed by atoms with E-state index in [1.54, 1.807) is 34.9 Å². The van der Waals surface area contributed by atoms with E-state index in [-0.39, 0.29) is 0 Å². The standard InChI is InChI=1S/C12H14BrN3S3/c1-7(14-2)9-5-4-8(6-10(9)13)18-12-16-15-11(17-3)19-12/h4-7,14H,1-3H3. The van der Waals surface area contributed by atoms with Crippen LogP contribution in [0.1, 0.15) is 18.5 Å². The molecule has 0 spiro atoms. The molecule has 3 nitrogen and oxygen atoms in total. The molecule has 0 fully saturated rings. The van der Waals surface area contributed by atoms with Crippen LogP contribution in [0.3, 0.4) is 0 Å². The van der Waals surface area contributed by atoms with E-state index in [1.165, 1.54) is 10.5 Å². The topological polar surface area (TPSA) is 37.8 Å². The molecule has 19 heavy (non-hydrogen) atoms. The molecule has 0 amide bonds. The molecule has 0 saturated carbocycles. The Morgan fingerprint density at radius 1 is 1.32 bits per heavy atom. The summed E-state index contributed by atoms with van der Waals surface area (Å²) in [5.41, 5.74) is 1.26. The maximum absolute atomic E-state index is 4.17. The lowest BCUT2D eigenvalue weighted by atomic mass is 10.1. The molecule has 1 aromatic carbocycles. The molecular formula is C12H14BrN3S3. The van der Waals surface area contributed by atoms with Gasteiger partial charge in [-0.25, -0.2) is 0 Å². The summed E-state index contributed by atoms with van der Waals surface area (Å²) in [5.74, 6) is 0. The summed E-state index contributed by atoms with van der Waals surface area (Å²) < 4.78 is 3.10. The van der Waals surface area contributed by atoms with Crippen LogP contribution in [-0.4, -0.2) is 23.5 Å². The Morgan fingerprint density at radius 3 is 2.63 bits per heavy atom. The highest BCUT2D eigenvalue weighted by Gasteiger charge is 2.10. The summed E-state index contributed by atoms with van der Waals surface area (Å²) in [5, 5.41) is 11.5. The second-order valence-corrected chi connectivity index (χ2v) is 8.04. The lowest BCUT2D eigenvalue weighted by molar-refractivity contribution is 0.649. The molecule has 0 aliphatic carbocycles. The van der Waals surface area contributed by atoms with Crippen LogP contribution in [0.4, 0.5) is 0 Å². The average Bonchev–Trinajstić information content (AvgIpc) is 2.86. The van der Waals surface area contributed by atoms with Crippen LogP contribution in [0, 0.1) is 0 Å². The van der Waals surface area contributed by atoms with E-state index in [0.717, 1.165) is 13.2 Å². The van der Waals surface area contributed by atoms with Gasteiger partial charge in [-0.1, -0.05) is 56.9 Å². The molecule has 0 radical (unpaired) electrons. The van der Waals surface area contributed by atoms with Gasteiger partial charge >= 0.3 is 0 Å². The Balaban J connectivity index is 2.15. The number of hydrogen-bond acceptors (Lipinski definition) is 6. The molecule has 0 aliphatic rings. The van der Waals surface area contributed by atoms with Gasteiger partial charge in [0.15, 0.2) is 8.68 Å².